The summed E-state index contributed by atoms with van der Waals surface area (Å²) in [6.07, 6.45) is 0.880. The third-order valence-electron chi connectivity index (χ3n) is 3.85. The van der Waals surface area contributed by atoms with Gasteiger partial charge in [-0.25, -0.2) is 0 Å². The van der Waals surface area contributed by atoms with E-state index in [2.05, 4.69) is 51.0 Å². The summed E-state index contributed by atoms with van der Waals surface area (Å²) >= 11 is 0. The van der Waals surface area contributed by atoms with Crippen LogP contribution in [0.25, 0.3) is 10.9 Å². The molecule has 144 valence electrons. The molecule has 0 bridgehead atoms. The van der Waals surface area contributed by atoms with Crippen LogP contribution in [-0.2, 0) is 11.2 Å². The van der Waals surface area contributed by atoms with Crippen molar-refractivity contribution in [3.8, 4) is 0 Å². The van der Waals surface area contributed by atoms with Crippen LogP contribution in [0.15, 0.2) is 29.3 Å². The fraction of sp³-hybridized carbons (Fsp3) is 0.474. The molecule has 0 fully saturated rings. The number of benzene rings is 1. The van der Waals surface area contributed by atoms with Crippen molar-refractivity contribution in [1.29, 1.82) is 0 Å². The number of aromatic nitrogens is 1. The lowest BCUT2D eigenvalue weighted by molar-refractivity contribution is -0.121. The first-order valence-corrected chi connectivity index (χ1v) is 8.62. The number of H-pyrrole nitrogens is 1. The van der Waals surface area contributed by atoms with Gasteiger partial charge in [0.05, 0.1) is 6.54 Å². The quantitative estimate of drug-likeness (QED) is 0.308. The van der Waals surface area contributed by atoms with Crippen LogP contribution in [0.2, 0.25) is 0 Å². The Kier molecular flexibility index (Phi) is 8.39. The molecule has 1 aromatic heterocycles. The van der Waals surface area contributed by atoms with Gasteiger partial charge in [-0.1, -0.05) is 18.2 Å². The Morgan fingerprint density at radius 1 is 1.19 bits per heavy atom. The molecular weight excluding hydrogens is 441 g/mol. The normalized spacial score (nSPS) is 11.8. The van der Waals surface area contributed by atoms with E-state index in [-0.39, 0.29) is 42.0 Å². The molecule has 0 aliphatic heterocycles. The number of amides is 1. The van der Waals surface area contributed by atoms with Gasteiger partial charge in [-0.2, -0.15) is 0 Å². The molecule has 0 unspecified atom stereocenters. The Balaban J connectivity index is 0.00000338. The van der Waals surface area contributed by atoms with Crippen molar-refractivity contribution in [2.24, 2.45) is 4.99 Å². The number of hydrogen-bond acceptors (Lipinski definition) is 2. The van der Waals surface area contributed by atoms with Crippen molar-refractivity contribution in [3.63, 3.8) is 0 Å². The van der Waals surface area contributed by atoms with Crippen molar-refractivity contribution in [3.05, 3.63) is 35.5 Å². The Morgan fingerprint density at radius 2 is 1.88 bits per heavy atom. The third-order valence-corrected chi connectivity index (χ3v) is 3.85. The second-order valence-corrected chi connectivity index (χ2v) is 7.17. The topological polar surface area (TPSA) is 81.3 Å². The molecule has 0 saturated heterocycles. The Bertz CT molecular complexity index is 761. The van der Waals surface area contributed by atoms with Crippen LogP contribution in [0.5, 0.6) is 0 Å². The maximum absolute atomic E-state index is 11.9. The molecule has 2 aromatic rings. The van der Waals surface area contributed by atoms with Gasteiger partial charge in [0.15, 0.2) is 5.96 Å². The van der Waals surface area contributed by atoms with Gasteiger partial charge in [-0.3, -0.25) is 9.79 Å². The van der Waals surface area contributed by atoms with E-state index < -0.39 is 0 Å². The van der Waals surface area contributed by atoms with Crippen molar-refractivity contribution in [2.45, 2.75) is 39.7 Å². The van der Waals surface area contributed by atoms with Gasteiger partial charge in [-0.05, 0) is 45.7 Å². The van der Waals surface area contributed by atoms with E-state index in [1.165, 1.54) is 16.6 Å². The third kappa shape index (κ3) is 6.51. The second kappa shape index (κ2) is 9.80. The molecule has 7 heteroatoms. The molecule has 0 aliphatic carbocycles. The number of aromatic amines is 1. The van der Waals surface area contributed by atoms with Gasteiger partial charge >= 0.3 is 0 Å². The molecule has 2 rings (SSSR count). The number of aliphatic imine (C=N–C) groups is 1. The number of aryl methyl sites for hydroxylation is 1. The van der Waals surface area contributed by atoms with Crippen LogP contribution < -0.4 is 16.0 Å². The van der Waals surface area contributed by atoms with Crippen molar-refractivity contribution in [1.82, 2.24) is 20.9 Å². The van der Waals surface area contributed by atoms with E-state index in [1.807, 2.05) is 26.8 Å². The summed E-state index contributed by atoms with van der Waals surface area (Å²) in [7, 11) is 1.70. The Hall–Kier alpha value is -1.77. The predicted molar refractivity (Wildman–Crippen MR) is 119 cm³/mol. The van der Waals surface area contributed by atoms with Gasteiger partial charge in [0, 0.05) is 35.7 Å². The molecule has 0 radical (unpaired) electrons. The highest BCUT2D eigenvalue weighted by atomic mass is 127. The van der Waals surface area contributed by atoms with E-state index in [1.54, 1.807) is 7.05 Å². The summed E-state index contributed by atoms with van der Waals surface area (Å²) < 4.78 is 0. The predicted octanol–water partition coefficient (Wildman–Crippen LogP) is 2.72. The molecule has 1 amide bonds. The summed E-state index contributed by atoms with van der Waals surface area (Å²) in [5, 5.41) is 10.5. The minimum Gasteiger partial charge on any atom is -0.358 e. The monoisotopic (exact) mass is 471 g/mol. The molecule has 6 nitrogen and oxygen atoms in total. The maximum Gasteiger partial charge on any atom is 0.239 e. The Labute approximate surface area is 172 Å². The highest BCUT2D eigenvalue weighted by Crippen LogP contribution is 2.21. The molecule has 26 heavy (non-hydrogen) atoms. The first kappa shape index (κ1) is 22.3. The van der Waals surface area contributed by atoms with Crippen LogP contribution >= 0.6 is 24.0 Å². The highest BCUT2D eigenvalue weighted by molar-refractivity contribution is 14.0. The summed E-state index contributed by atoms with van der Waals surface area (Å²) in [5.41, 5.74) is 3.43. The SMILES string of the molecule is CN=C(NCCc1c(C)[nH]c2ccccc12)NCC(=O)NC(C)(C)C.I. The molecular formula is C19H30IN5O. The van der Waals surface area contributed by atoms with Gasteiger partial charge in [-0.15, -0.1) is 24.0 Å². The van der Waals surface area contributed by atoms with Gasteiger partial charge < -0.3 is 20.9 Å². The maximum atomic E-state index is 11.9. The minimum atomic E-state index is -0.234. The van der Waals surface area contributed by atoms with Crippen LogP contribution in [0.1, 0.15) is 32.0 Å². The van der Waals surface area contributed by atoms with Crippen LogP contribution in [0, 0.1) is 6.92 Å². The van der Waals surface area contributed by atoms with Crippen molar-refractivity contribution in [2.75, 3.05) is 20.1 Å². The molecule has 1 heterocycles. The number of carbonyl (C=O) groups is 1. The first-order valence-electron chi connectivity index (χ1n) is 8.62. The van der Waals surface area contributed by atoms with E-state index in [0.717, 1.165) is 18.5 Å². The average molecular weight is 471 g/mol. The van der Waals surface area contributed by atoms with Crippen LogP contribution in [0.3, 0.4) is 0 Å². The fourth-order valence-electron chi connectivity index (χ4n) is 2.81. The largest absolute Gasteiger partial charge is 0.358 e. The van der Waals surface area contributed by atoms with Crippen LogP contribution in [0.4, 0.5) is 0 Å². The smallest absolute Gasteiger partial charge is 0.239 e. The number of nitrogens with zero attached hydrogens (tertiary/aromatic N) is 1. The summed E-state index contributed by atoms with van der Waals surface area (Å²) in [6.45, 7) is 8.91. The number of halogens is 1. The second-order valence-electron chi connectivity index (χ2n) is 7.17. The minimum absolute atomic E-state index is 0. The first-order chi connectivity index (χ1) is 11.8. The Morgan fingerprint density at radius 3 is 2.54 bits per heavy atom. The van der Waals surface area contributed by atoms with E-state index in [4.69, 9.17) is 0 Å². The zero-order valence-corrected chi connectivity index (χ0v) is 18.5. The fourth-order valence-corrected chi connectivity index (χ4v) is 2.81. The summed E-state index contributed by atoms with van der Waals surface area (Å²) in [6, 6.07) is 8.32. The van der Waals surface area contributed by atoms with E-state index in [0.29, 0.717) is 5.96 Å². The molecule has 0 aliphatic rings. The van der Waals surface area contributed by atoms with Gasteiger partial charge in [0.1, 0.15) is 0 Å². The molecule has 4 N–H and O–H groups in total. The van der Waals surface area contributed by atoms with Crippen LogP contribution in [-0.4, -0.2) is 42.5 Å². The number of carbonyl (C=O) groups excluding carboxylic acids is 1. The zero-order chi connectivity index (χ0) is 18.4. The number of guanidine groups is 1. The highest BCUT2D eigenvalue weighted by Gasteiger charge is 2.13. The summed E-state index contributed by atoms with van der Waals surface area (Å²) in [4.78, 5) is 19.5. The zero-order valence-electron chi connectivity index (χ0n) is 16.2. The van der Waals surface area contributed by atoms with Gasteiger partial charge in [0.2, 0.25) is 5.91 Å². The number of rotatable bonds is 5. The summed E-state index contributed by atoms with van der Waals surface area (Å²) in [5.74, 6) is 0.574. The number of hydrogen-bond donors (Lipinski definition) is 4. The van der Waals surface area contributed by atoms with E-state index in [9.17, 15) is 4.79 Å². The van der Waals surface area contributed by atoms with Gasteiger partial charge in [0.25, 0.3) is 0 Å². The lowest BCUT2D eigenvalue weighted by Crippen LogP contribution is -2.48. The molecule has 1 aromatic carbocycles. The van der Waals surface area contributed by atoms with Crippen molar-refractivity contribution < 1.29 is 4.79 Å². The van der Waals surface area contributed by atoms with E-state index >= 15 is 0 Å². The molecule has 0 atom stereocenters. The average Bonchev–Trinajstić information content (AvgIpc) is 2.84. The number of nitrogens with one attached hydrogen (secondary N) is 4. The molecule has 0 saturated carbocycles. The number of fused-ring (bicyclic) bond motifs is 1. The lowest BCUT2D eigenvalue weighted by Gasteiger charge is -2.21. The van der Waals surface area contributed by atoms with Crippen molar-refractivity contribution >= 4 is 46.7 Å². The lowest BCUT2D eigenvalue weighted by atomic mass is 10.1. The molecule has 0 spiro atoms. The standard InChI is InChI=1S/C19H29N5O.HI/c1-13-14(15-8-6-7-9-16(15)23-13)10-11-21-18(20-5)22-12-17(25)24-19(2,3)4;/h6-9,23H,10-12H2,1-5H3,(H,24,25)(H2,20,21,22);1H. The number of para-hydroxylation sites is 1.